The first-order chi connectivity index (χ1) is 7.36. The van der Waals surface area contributed by atoms with Gasteiger partial charge in [-0.15, -0.1) is 0 Å². The molecule has 2 N–H and O–H groups in total. The molecule has 3 unspecified atom stereocenters. The molecule has 15 heavy (non-hydrogen) atoms. The highest BCUT2D eigenvalue weighted by atomic mass is 16.5. The number of nitrogens with zero attached hydrogens (tertiary/aromatic N) is 1. The third-order valence-electron chi connectivity index (χ3n) is 3.97. The van der Waals surface area contributed by atoms with E-state index >= 15 is 0 Å². The molecule has 1 saturated heterocycles. The van der Waals surface area contributed by atoms with E-state index in [1.165, 1.54) is 25.7 Å². The van der Waals surface area contributed by atoms with E-state index in [2.05, 4.69) is 11.8 Å². The topological polar surface area (TPSA) is 38.5 Å². The normalized spacial score (nSPS) is 34.0. The van der Waals surface area contributed by atoms with Gasteiger partial charge in [0.2, 0.25) is 0 Å². The molecule has 3 atom stereocenters. The van der Waals surface area contributed by atoms with E-state index in [0.29, 0.717) is 18.2 Å². The van der Waals surface area contributed by atoms with Crippen LogP contribution in [-0.2, 0) is 4.74 Å². The van der Waals surface area contributed by atoms with Crippen LogP contribution in [0.1, 0.15) is 39.0 Å². The molecule has 1 saturated carbocycles. The molecule has 0 spiro atoms. The lowest BCUT2D eigenvalue weighted by Crippen LogP contribution is -2.53. The third-order valence-corrected chi connectivity index (χ3v) is 3.97. The highest BCUT2D eigenvalue weighted by Gasteiger charge is 2.38. The van der Waals surface area contributed by atoms with Crippen LogP contribution in [0.25, 0.3) is 0 Å². The lowest BCUT2D eigenvalue weighted by atomic mass is 10.0. The Kier molecular flexibility index (Phi) is 4.00. The maximum atomic E-state index is 5.83. The van der Waals surface area contributed by atoms with E-state index in [1.807, 2.05) is 0 Å². The second-order valence-electron chi connectivity index (χ2n) is 4.78. The van der Waals surface area contributed by atoms with E-state index in [9.17, 15) is 0 Å². The fourth-order valence-electron chi connectivity index (χ4n) is 3.21. The van der Waals surface area contributed by atoms with Gasteiger partial charge in [-0.25, -0.2) is 0 Å². The Morgan fingerprint density at radius 3 is 3.07 bits per heavy atom. The van der Waals surface area contributed by atoms with Gasteiger partial charge in [-0.1, -0.05) is 6.92 Å². The third kappa shape index (κ3) is 2.35. The highest BCUT2D eigenvalue weighted by molar-refractivity contribution is 4.92. The van der Waals surface area contributed by atoms with Gasteiger partial charge in [0.25, 0.3) is 0 Å². The Hall–Kier alpha value is -0.120. The van der Waals surface area contributed by atoms with Gasteiger partial charge in [-0.2, -0.15) is 0 Å². The number of fused-ring (bicyclic) bond motifs is 1. The predicted octanol–water partition coefficient (Wildman–Crippen LogP) is 1.37. The van der Waals surface area contributed by atoms with Crippen LogP contribution < -0.4 is 5.73 Å². The average Bonchev–Trinajstić information content (AvgIpc) is 2.73. The fraction of sp³-hybridized carbons (Fsp3) is 1.00. The summed E-state index contributed by atoms with van der Waals surface area (Å²) in [4.78, 5) is 2.67. The Morgan fingerprint density at radius 2 is 2.33 bits per heavy atom. The van der Waals surface area contributed by atoms with Crippen LogP contribution in [0.15, 0.2) is 0 Å². The van der Waals surface area contributed by atoms with Crippen LogP contribution in [0.5, 0.6) is 0 Å². The summed E-state index contributed by atoms with van der Waals surface area (Å²) in [6.45, 7) is 5.12. The molecule has 0 amide bonds. The molecule has 0 aromatic rings. The molecule has 0 radical (unpaired) electrons. The number of rotatable bonds is 4. The molecule has 1 aliphatic heterocycles. The van der Waals surface area contributed by atoms with Crippen LogP contribution in [0.3, 0.4) is 0 Å². The van der Waals surface area contributed by atoms with E-state index in [0.717, 1.165) is 26.1 Å². The molecule has 2 fully saturated rings. The zero-order valence-electron chi connectivity index (χ0n) is 9.82. The maximum Gasteiger partial charge on any atom is 0.0731 e. The van der Waals surface area contributed by atoms with Crippen molar-refractivity contribution in [2.75, 3.05) is 19.7 Å². The predicted molar refractivity (Wildman–Crippen MR) is 61.8 cm³/mol. The number of hydrogen-bond acceptors (Lipinski definition) is 3. The summed E-state index contributed by atoms with van der Waals surface area (Å²) in [5.41, 5.74) is 5.69. The Bertz CT molecular complexity index is 198. The van der Waals surface area contributed by atoms with Crippen molar-refractivity contribution < 1.29 is 4.74 Å². The largest absolute Gasteiger partial charge is 0.375 e. The van der Waals surface area contributed by atoms with Gasteiger partial charge in [-0.3, -0.25) is 4.90 Å². The van der Waals surface area contributed by atoms with Crippen LogP contribution in [0, 0.1) is 0 Å². The summed E-state index contributed by atoms with van der Waals surface area (Å²) in [5.74, 6) is 0. The first-order valence-electron chi connectivity index (χ1n) is 6.44. The average molecular weight is 212 g/mol. The van der Waals surface area contributed by atoms with Crippen molar-refractivity contribution in [1.82, 2.24) is 4.90 Å². The van der Waals surface area contributed by atoms with Gasteiger partial charge in [0.1, 0.15) is 0 Å². The van der Waals surface area contributed by atoms with Gasteiger partial charge < -0.3 is 10.5 Å². The smallest absolute Gasteiger partial charge is 0.0731 e. The van der Waals surface area contributed by atoms with Crippen molar-refractivity contribution in [1.29, 1.82) is 0 Å². The van der Waals surface area contributed by atoms with E-state index in [-0.39, 0.29) is 0 Å². The summed E-state index contributed by atoms with van der Waals surface area (Å²) in [6, 6.07) is 1.37. The summed E-state index contributed by atoms with van der Waals surface area (Å²) < 4.78 is 5.83. The van der Waals surface area contributed by atoms with Crippen LogP contribution in [-0.4, -0.2) is 42.8 Å². The first-order valence-corrected chi connectivity index (χ1v) is 6.44. The van der Waals surface area contributed by atoms with Crippen LogP contribution >= 0.6 is 0 Å². The lowest BCUT2D eigenvalue weighted by Gasteiger charge is -2.42. The Labute approximate surface area is 93.0 Å². The van der Waals surface area contributed by atoms with Crippen molar-refractivity contribution in [3.63, 3.8) is 0 Å². The molecule has 0 bridgehead atoms. The lowest BCUT2D eigenvalue weighted by molar-refractivity contribution is -0.0729. The zero-order valence-corrected chi connectivity index (χ0v) is 9.82. The molecule has 1 aliphatic carbocycles. The molecule has 0 aromatic carbocycles. The van der Waals surface area contributed by atoms with Crippen LogP contribution in [0.2, 0.25) is 0 Å². The standard InChI is InChI=1S/C12H24N2O/c1-2-10(6-7-13)14-8-9-15-12-5-3-4-11(12)14/h10-12H,2-9,13H2,1H3. The van der Waals surface area contributed by atoms with Gasteiger partial charge >= 0.3 is 0 Å². The molecule has 3 nitrogen and oxygen atoms in total. The molecule has 0 aromatic heterocycles. The van der Waals surface area contributed by atoms with Gasteiger partial charge in [0.05, 0.1) is 12.7 Å². The molecule has 2 aliphatic rings. The SMILES string of the molecule is CCC(CCN)N1CCOC2CCCC21. The van der Waals surface area contributed by atoms with Crippen molar-refractivity contribution >= 4 is 0 Å². The number of ether oxygens (including phenoxy) is 1. The minimum Gasteiger partial charge on any atom is -0.375 e. The molecule has 1 heterocycles. The monoisotopic (exact) mass is 212 g/mol. The van der Waals surface area contributed by atoms with E-state index in [1.54, 1.807) is 0 Å². The zero-order chi connectivity index (χ0) is 10.7. The van der Waals surface area contributed by atoms with E-state index in [4.69, 9.17) is 10.5 Å². The van der Waals surface area contributed by atoms with Crippen molar-refractivity contribution in [3.05, 3.63) is 0 Å². The summed E-state index contributed by atoms with van der Waals surface area (Å²) in [6.07, 6.45) is 6.81. The second kappa shape index (κ2) is 5.28. The maximum absolute atomic E-state index is 5.83. The van der Waals surface area contributed by atoms with Crippen molar-refractivity contribution in [2.24, 2.45) is 5.73 Å². The molecule has 88 valence electrons. The van der Waals surface area contributed by atoms with Gasteiger partial charge in [0.15, 0.2) is 0 Å². The fourth-order valence-corrected chi connectivity index (χ4v) is 3.21. The van der Waals surface area contributed by atoms with E-state index < -0.39 is 0 Å². The van der Waals surface area contributed by atoms with Crippen LogP contribution in [0.4, 0.5) is 0 Å². The number of hydrogen-bond donors (Lipinski definition) is 1. The molecule has 2 rings (SSSR count). The van der Waals surface area contributed by atoms with Crippen molar-refractivity contribution in [3.8, 4) is 0 Å². The minimum atomic E-state index is 0.519. The highest BCUT2D eigenvalue weighted by Crippen LogP contribution is 2.31. The second-order valence-corrected chi connectivity index (χ2v) is 4.78. The van der Waals surface area contributed by atoms with Gasteiger partial charge in [0, 0.05) is 18.6 Å². The first kappa shape index (κ1) is 11.4. The number of nitrogens with two attached hydrogens (primary N) is 1. The summed E-state index contributed by atoms with van der Waals surface area (Å²) in [5, 5.41) is 0. The number of morpholine rings is 1. The molecular formula is C12H24N2O. The molecule has 3 heteroatoms. The minimum absolute atomic E-state index is 0.519. The van der Waals surface area contributed by atoms with Gasteiger partial charge in [-0.05, 0) is 38.6 Å². The van der Waals surface area contributed by atoms with Crippen molar-refractivity contribution in [2.45, 2.75) is 57.2 Å². The quantitative estimate of drug-likeness (QED) is 0.765. The molecular weight excluding hydrogens is 188 g/mol. The Balaban J connectivity index is 1.99. The summed E-state index contributed by atoms with van der Waals surface area (Å²) in [7, 11) is 0. The Morgan fingerprint density at radius 1 is 1.47 bits per heavy atom. The summed E-state index contributed by atoms with van der Waals surface area (Å²) >= 11 is 0.